The maximum atomic E-state index is 11.9. The number of fused-ring (bicyclic) bond motifs is 2. The molecule has 1 amide bonds. The molecule has 84 valence electrons. The van der Waals surface area contributed by atoms with E-state index in [0.29, 0.717) is 18.7 Å². The first-order chi connectivity index (χ1) is 7.75. The van der Waals surface area contributed by atoms with Crippen molar-refractivity contribution in [1.29, 1.82) is 0 Å². The topological polar surface area (TPSA) is 37.4 Å². The highest BCUT2D eigenvalue weighted by Gasteiger charge is 2.34. The fourth-order valence-corrected chi connectivity index (χ4v) is 4.23. The Morgan fingerprint density at radius 3 is 3.12 bits per heavy atom. The molecule has 1 saturated heterocycles. The van der Waals surface area contributed by atoms with E-state index in [1.165, 1.54) is 0 Å². The summed E-state index contributed by atoms with van der Waals surface area (Å²) in [6, 6.07) is 1.88. The molecule has 0 aromatic carbocycles. The van der Waals surface area contributed by atoms with Crippen molar-refractivity contribution >= 4 is 34.8 Å². The second-order valence-electron chi connectivity index (χ2n) is 4.01. The molecule has 1 aromatic heterocycles. The minimum Gasteiger partial charge on any atom is -0.326 e. The van der Waals surface area contributed by atoms with Gasteiger partial charge in [-0.05, 0) is 17.9 Å². The molecule has 0 N–H and O–H groups in total. The summed E-state index contributed by atoms with van der Waals surface area (Å²) in [5, 5.41) is 2.15. The van der Waals surface area contributed by atoms with Crippen LogP contribution in [0.4, 0.5) is 0 Å². The molecule has 1 atom stereocenters. The molecule has 1 aromatic rings. The number of Topliss-reactive ketones (excluding diaryl/α,β-unsaturated/α-hetero) is 1. The van der Waals surface area contributed by atoms with Crippen molar-refractivity contribution in [1.82, 2.24) is 4.90 Å². The van der Waals surface area contributed by atoms with Gasteiger partial charge in [-0.3, -0.25) is 9.59 Å². The number of ketones is 1. The predicted octanol–water partition coefficient (Wildman–Crippen LogP) is 2.13. The van der Waals surface area contributed by atoms with Gasteiger partial charge in [-0.15, -0.1) is 23.1 Å². The molecule has 3 heterocycles. The summed E-state index contributed by atoms with van der Waals surface area (Å²) in [6.45, 7) is 0.620. The van der Waals surface area contributed by atoms with Crippen LogP contribution in [0.25, 0.3) is 0 Å². The van der Waals surface area contributed by atoms with Crippen molar-refractivity contribution < 1.29 is 9.59 Å². The van der Waals surface area contributed by atoms with Crippen LogP contribution in [0.15, 0.2) is 11.4 Å². The average molecular weight is 253 g/mol. The highest BCUT2D eigenvalue weighted by Crippen LogP contribution is 2.34. The number of hydrogen-bond acceptors (Lipinski definition) is 4. The minimum absolute atomic E-state index is 0.209. The van der Waals surface area contributed by atoms with Gasteiger partial charge in [0.1, 0.15) is 0 Å². The van der Waals surface area contributed by atoms with Gasteiger partial charge in [0, 0.05) is 16.9 Å². The van der Waals surface area contributed by atoms with Crippen LogP contribution < -0.4 is 0 Å². The summed E-state index contributed by atoms with van der Waals surface area (Å²) in [4.78, 5) is 26.6. The molecule has 16 heavy (non-hydrogen) atoms. The van der Waals surface area contributed by atoms with Crippen molar-refractivity contribution in [3.63, 3.8) is 0 Å². The zero-order valence-electron chi connectivity index (χ0n) is 8.64. The van der Waals surface area contributed by atoms with Crippen molar-refractivity contribution in [3.05, 3.63) is 21.9 Å². The van der Waals surface area contributed by atoms with E-state index in [0.717, 1.165) is 16.9 Å². The van der Waals surface area contributed by atoms with Crippen molar-refractivity contribution in [2.45, 2.75) is 24.8 Å². The van der Waals surface area contributed by atoms with E-state index in [-0.39, 0.29) is 17.1 Å². The van der Waals surface area contributed by atoms with Crippen LogP contribution in [0.2, 0.25) is 0 Å². The fraction of sp³-hybridized carbons (Fsp3) is 0.455. The Kier molecular flexibility index (Phi) is 2.52. The first-order valence-corrected chi connectivity index (χ1v) is 7.19. The van der Waals surface area contributed by atoms with Gasteiger partial charge in [-0.25, -0.2) is 0 Å². The number of thiophene rings is 1. The molecule has 1 fully saturated rings. The van der Waals surface area contributed by atoms with Crippen LogP contribution >= 0.6 is 23.1 Å². The lowest BCUT2D eigenvalue weighted by Crippen LogP contribution is -2.32. The Bertz CT molecular complexity index is 455. The molecule has 2 aliphatic heterocycles. The summed E-state index contributed by atoms with van der Waals surface area (Å²) >= 11 is 3.19. The van der Waals surface area contributed by atoms with E-state index in [1.54, 1.807) is 23.1 Å². The molecule has 5 heteroatoms. The van der Waals surface area contributed by atoms with Gasteiger partial charge >= 0.3 is 0 Å². The molecule has 2 aliphatic rings. The Hall–Kier alpha value is -0.810. The fourth-order valence-electron chi connectivity index (χ4n) is 2.19. The number of amides is 1. The average Bonchev–Trinajstić information content (AvgIpc) is 2.83. The standard InChI is InChI=1S/C11H11NO2S2/c13-8-6-16-11-2-1-10(14)12(11)5-9-7(8)3-4-15-9/h3-4,11H,1-2,5-6H2. The van der Waals surface area contributed by atoms with E-state index in [9.17, 15) is 9.59 Å². The van der Waals surface area contributed by atoms with Gasteiger partial charge in [0.25, 0.3) is 0 Å². The highest BCUT2D eigenvalue weighted by atomic mass is 32.2. The van der Waals surface area contributed by atoms with Crippen LogP contribution in [-0.2, 0) is 11.3 Å². The highest BCUT2D eigenvalue weighted by molar-refractivity contribution is 8.00. The number of nitrogens with zero attached hydrogens (tertiary/aromatic N) is 1. The number of rotatable bonds is 0. The molecular formula is C11H11NO2S2. The van der Waals surface area contributed by atoms with Gasteiger partial charge in [0.2, 0.25) is 5.91 Å². The molecule has 0 bridgehead atoms. The summed E-state index contributed by atoms with van der Waals surface area (Å²) in [5.74, 6) is 0.935. The lowest BCUT2D eigenvalue weighted by atomic mass is 10.2. The smallest absolute Gasteiger partial charge is 0.223 e. The van der Waals surface area contributed by atoms with Crippen molar-refractivity contribution in [2.75, 3.05) is 5.75 Å². The maximum Gasteiger partial charge on any atom is 0.223 e. The third-order valence-electron chi connectivity index (χ3n) is 3.04. The number of carbonyl (C=O) groups excluding carboxylic acids is 2. The minimum atomic E-state index is 0.209. The zero-order valence-corrected chi connectivity index (χ0v) is 10.3. The molecule has 0 radical (unpaired) electrons. The Morgan fingerprint density at radius 1 is 1.38 bits per heavy atom. The summed E-state index contributed by atoms with van der Waals surface area (Å²) in [6.07, 6.45) is 1.52. The van der Waals surface area contributed by atoms with Crippen molar-refractivity contribution in [3.8, 4) is 0 Å². The van der Waals surface area contributed by atoms with Crippen LogP contribution in [0.3, 0.4) is 0 Å². The predicted molar refractivity (Wildman–Crippen MR) is 64.7 cm³/mol. The van der Waals surface area contributed by atoms with Gasteiger partial charge in [0.15, 0.2) is 5.78 Å². The second-order valence-corrected chi connectivity index (χ2v) is 6.17. The lowest BCUT2D eigenvalue weighted by Gasteiger charge is -2.26. The molecule has 0 saturated carbocycles. The van der Waals surface area contributed by atoms with E-state index in [1.807, 2.05) is 16.3 Å². The van der Waals surface area contributed by atoms with E-state index in [4.69, 9.17) is 0 Å². The van der Waals surface area contributed by atoms with Gasteiger partial charge < -0.3 is 4.90 Å². The monoisotopic (exact) mass is 253 g/mol. The third kappa shape index (κ3) is 1.58. The largest absolute Gasteiger partial charge is 0.326 e. The zero-order chi connectivity index (χ0) is 11.1. The van der Waals surface area contributed by atoms with Gasteiger partial charge in [-0.2, -0.15) is 0 Å². The quantitative estimate of drug-likeness (QED) is 0.711. The lowest BCUT2D eigenvalue weighted by molar-refractivity contribution is -0.128. The van der Waals surface area contributed by atoms with Gasteiger partial charge in [-0.1, -0.05) is 0 Å². The van der Waals surface area contributed by atoms with E-state index >= 15 is 0 Å². The molecule has 1 unspecified atom stereocenters. The summed E-state index contributed by atoms with van der Waals surface area (Å²) in [5.41, 5.74) is 0.815. The Labute approximate surface area is 102 Å². The van der Waals surface area contributed by atoms with Crippen LogP contribution in [-0.4, -0.2) is 27.7 Å². The molecule has 3 nitrogen and oxygen atoms in total. The maximum absolute atomic E-state index is 11.9. The normalized spacial score (nSPS) is 25.0. The summed E-state index contributed by atoms with van der Waals surface area (Å²) in [7, 11) is 0. The van der Waals surface area contributed by atoms with Crippen LogP contribution in [0, 0.1) is 0 Å². The van der Waals surface area contributed by atoms with Crippen molar-refractivity contribution in [2.24, 2.45) is 0 Å². The van der Waals surface area contributed by atoms with Crippen LogP contribution in [0.5, 0.6) is 0 Å². The summed E-state index contributed by atoms with van der Waals surface area (Å²) < 4.78 is 0. The number of thioether (sulfide) groups is 1. The first-order valence-electron chi connectivity index (χ1n) is 5.26. The number of hydrogen-bond donors (Lipinski definition) is 0. The molecule has 3 rings (SSSR count). The SMILES string of the molecule is O=C1CSC2CCC(=O)N2Cc2sccc21. The third-order valence-corrected chi connectivity index (χ3v) is 5.25. The first kappa shape index (κ1) is 10.4. The Morgan fingerprint density at radius 2 is 2.25 bits per heavy atom. The second kappa shape index (κ2) is 3.89. The molecular weight excluding hydrogens is 242 g/mol. The van der Waals surface area contributed by atoms with E-state index < -0.39 is 0 Å². The van der Waals surface area contributed by atoms with Gasteiger partial charge in [0.05, 0.1) is 17.7 Å². The molecule has 0 spiro atoms. The number of carbonyl (C=O) groups is 2. The van der Waals surface area contributed by atoms with Crippen LogP contribution in [0.1, 0.15) is 28.1 Å². The Balaban J connectivity index is 1.98. The van der Waals surface area contributed by atoms with E-state index in [2.05, 4.69) is 0 Å². The molecule has 0 aliphatic carbocycles.